The van der Waals surface area contributed by atoms with Crippen LogP contribution in [0, 0.1) is 0 Å². The minimum absolute atomic E-state index is 0.173. The van der Waals surface area contributed by atoms with Crippen molar-refractivity contribution in [3.8, 4) is 0 Å². The maximum atomic E-state index is 5.79. The van der Waals surface area contributed by atoms with Crippen LogP contribution in [0.3, 0.4) is 0 Å². The van der Waals surface area contributed by atoms with Gasteiger partial charge in [-0.3, -0.25) is 0 Å². The van der Waals surface area contributed by atoms with Crippen LogP contribution in [0.25, 0.3) is 0 Å². The SMILES string of the molecule is ClCCCC1COC2(CCCCO2)O1. The van der Waals surface area contributed by atoms with Crippen molar-refractivity contribution in [3.05, 3.63) is 0 Å². The molecule has 0 saturated carbocycles. The van der Waals surface area contributed by atoms with Gasteiger partial charge in [0.05, 0.1) is 19.3 Å². The van der Waals surface area contributed by atoms with E-state index in [1.807, 2.05) is 0 Å². The van der Waals surface area contributed by atoms with E-state index >= 15 is 0 Å². The average Bonchev–Trinajstić information content (AvgIpc) is 2.60. The predicted molar refractivity (Wildman–Crippen MR) is 53.3 cm³/mol. The van der Waals surface area contributed by atoms with Gasteiger partial charge < -0.3 is 14.2 Å². The Balaban J connectivity index is 1.80. The molecule has 1 spiro atoms. The molecular formula is C10H17ClO3. The number of halogens is 1. The summed E-state index contributed by atoms with van der Waals surface area (Å²) in [7, 11) is 0. The second kappa shape index (κ2) is 4.79. The van der Waals surface area contributed by atoms with Gasteiger partial charge in [-0.15, -0.1) is 11.6 Å². The molecule has 2 saturated heterocycles. The predicted octanol–water partition coefficient (Wildman–Crippen LogP) is 2.28. The Labute approximate surface area is 89.7 Å². The summed E-state index contributed by atoms with van der Waals surface area (Å²) in [6.07, 6.45) is 5.22. The first-order valence-corrected chi connectivity index (χ1v) is 5.90. The van der Waals surface area contributed by atoms with Crippen LogP contribution < -0.4 is 0 Å². The first-order chi connectivity index (χ1) is 6.85. The number of ether oxygens (including phenoxy) is 3. The molecule has 0 aromatic rings. The van der Waals surface area contributed by atoms with Crippen LogP contribution in [0.2, 0.25) is 0 Å². The van der Waals surface area contributed by atoms with E-state index in [0.717, 1.165) is 38.7 Å². The van der Waals surface area contributed by atoms with Crippen LogP contribution >= 0.6 is 11.6 Å². The Morgan fingerprint density at radius 2 is 2.21 bits per heavy atom. The van der Waals surface area contributed by atoms with Gasteiger partial charge in [-0.05, 0) is 25.7 Å². The van der Waals surface area contributed by atoms with Gasteiger partial charge in [0, 0.05) is 12.3 Å². The molecule has 0 amide bonds. The summed E-state index contributed by atoms with van der Waals surface area (Å²) < 4.78 is 17.0. The standard InChI is InChI=1S/C10H17ClO3/c11-6-3-4-9-8-13-10(14-9)5-1-2-7-12-10/h9H,1-8H2. The summed E-state index contributed by atoms with van der Waals surface area (Å²) in [5.41, 5.74) is 0. The Kier molecular flexibility index (Phi) is 3.66. The number of hydrogen-bond donors (Lipinski definition) is 0. The van der Waals surface area contributed by atoms with Crippen molar-refractivity contribution < 1.29 is 14.2 Å². The first kappa shape index (κ1) is 10.7. The normalized spacial score (nSPS) is 37.9. The maximum Gasteiger partial charge on any atom is 0.283 e. The van der Waals surface area contributed by atoms with Crippen LogP contribution in [-0.2, 0) is 14.2 Å². The number of hydrogen-bond acceptors (Lipinski definition) is 3. The van der Waals surface area contributed by atoms with Gasteiger partial charge in [0.2, 0.25) is 0 Å². The Morgan fingerprint density at radius 3 is 2.93 bits per heavy atom. The Bertz CT molecular complexity index is 180. The highest BCUT2D eigenvalue weighted by Crippen LogP contribution is 2.34. The van der Waals surface area contributed by atoms with Gasteiger partial charge in [0.15, 0.2) is 0 Å². The van der Waals surface area contributed by atoms with E-state index in [0.29, 0.717) is 12.5 Å². The lowest BCUT2D eigenvalue weighted by Gasteiger charge is -2.31. The second-order valence-corrected chi connectivity index (χ2v) is 4.25. The molecule has 2 fully saturated rings. The smallest absolute Gasteiger partial charge is 0.283 e. The molecule has 2 atom stereocenters. The van der Waals surface area contributed by atoms with Crippen LogP contribution in [0.1, 0.15) is 32.1 Å². The fraction of sp³-hybridized carbons (Fsp3) is 1.00. The maximum absolute atomic E-state index is 5.79. The van der Waals surface area contributed by atoms with E-state index in [1.165, 1.54) is 0 Å². The molecule has 4 heteroatoms. The van der Waals surface area contributed by atoms with Crippen LogP contribution in [-0.4, -0.2) is 31.2 Å². The zero-order valence-corrected chi connectivity index (χ0v) is 9.09. The summed E-state index contributed by atoms with van der Waals surface area (Å²) in [5.74, 6) is -0.0110. The molecule has 2 aliphatic heterocycles. The van der Waals surface area contributed by atoms with E-state index in [4.69, 9.17) is 25.8 Å². The highest BCUT2D eigenvalue weighted by Gasteiger charge is 2.43. The fourth-order valence-corrected chi connectivity index (χ4v) is 2.09. The number of rotatable bonds is 3. The zero-order valence-electron chi connectivity index (χ0n) is 8.34. The van der Waals surface area contributed by atoms with Crippen molar-refractivity contribution in [2.24, 2.45) is 0 Å². The van der Waals surface area contributed by atoms with Crippen molar-refractivity contribution >= 4 is 11.6 Å². The van der Waals surface area contributed by atoms with Gasteiger partial charge in [-0.25, -0.2) is 0 Å². The lowest BCUT2D eigenvalue weighted by atomic mass is 10.2. The lowest BCUT2D eigenvalue weighted by Crippen LogP contribution is -2.37. The van der Waals surface area contributed by atoms with Crippen LogP contribution in [0.4, 0.5) is 0 Å². The second-order valence-electron chi connectivity index (χ2n) is 3.87. The van der Waals surface area contributed by atoms with E-state index in [2.05, 4.69) is 0 Å². The Hall–Kier alpha value is 0.170. The molecule has 0 radical (unpaired) electrons. The third kappa shape index (κ3) is 2.40. The lowest BCUT2D eigenvalue weighted by molar-refractivity contribution is -0.351. The summed E-state index contributed by atoms with van der Waals surface area (Å²) in [5, 5.41) is 0. The summed E-state index contributed by atoms with van der Waals surface area (Å²) in [4.78, 5) is 0. The highest BCUT2D eigenvalue weighted by atomic mass is 35.5. The van der Waals surface area contributed by atoms with Gasteiger partial charge in [-0.1, -0.05) is 0 Å². The van der Waals surface area contributed by atoms with E-state index in [-0.39, 0.29) is 6.10 Å². The molecule has 2 unspecified atom stereocenters. The van der Waals surface area contributed by atoms with Crippen LogP contribution in [0.15, 0.2) is 0 Å². The average molecular weight is 221 g/mol. The van der Waals surface area contributed by atoms with Crippen molar-refractivity contribution in [1.29, 1.82) is 0 Å². The molecular weight excluding hydrogens is 204 g/mol. The number of alkyl halides is 1. The molecule has 14 heavy (non-hydrogen) atoms. The molecule has 2 rings (SSSR count). The summed E-state index contributed by atoms with van der Waals surface area (Å²) in [6.45, 7) is 1.40. The minimum Gasteiger partial charge on any atom is -0.327 e. The first-order valence-electron chi connectivity index (χ1n) is 5.36. The quantitative estimate of drug-likeness (QED) is 0.683. The molecule has 0 aliphatic carbocycles. The Morgan fingerprint density at radius 1 is 1.29 bits per heavy atom. The third-order valence-electron chi connectivity index (χ3n) is 2.69. The van der Waals surface area contributed by atoms with Gasteiger partial charge in [0.1, 0.15) is 0 Å². The van der Waals surface area contributed by atoms with Crippen molar-refractivity contribution in [2.45, 2.75) is 44.2 Å². The van der Waals surface area contributed by atoms with Gasteiger partial charge in [0.25, 0.3) is 5.97 Å². The third-order valence-corrected chi connectivity index (χ3v) is 2.96. The highest BCUT2D eigenvalue weighted by molar-refractivity contribution is 6.17. The van der Waals surface area contributed by atoms with Gasteiger partial charge in [-0.2, -0.15) is 0 Å². The topological polar surface area (TPSA) is 27.7 Å². The monoisotopic (exact) mass is 220 g/mol. The van der Waals surface area contributed by atoms with Gasteiger partial charge >= 0.3 is 0 Å². The molecule has 0 aromatic carbocycles. The zero-order chi connectivity index (χ0) is 9.86. The summed E-state index contributed by atoms with van der Waals surface area (Å²) in [6, 6.07) is 0. The largest absolute Gasteiger partial charge is 0.327 e. The molecule has 3 nitrogen and oxygen atoms in total. The molecule has 2 heterocycles. The molecule has 0 aromatic heterocycles. The molecule has 2 aliphatic rings. The van der Waals surface area contributed by atoms with E-state index in [1.54, 1.807) is 0 Å². The van der Waals surface area contributed by atoms with Crippen molar-refractivity contribution in [1.82, 2.24) is 0 Å². The minimum atomic E-state index is -0.699. The van der Waals surface area contributed by atoms with Crippen molar-refractivity contribution in [2.75, 3.05) is 19.1 Å². The van der Waals surface area contributed by atoms with Crippen molar-refractivity contribution in [3.63, 3.8) is 0 Å². The molecule has 82 valence electrons. The van der Waals surface area contributed by atoms with E-state index in [9.17, 15) is 0 Å². The fourth-order valence-electron chi connectivity index (χ4n) is 1.94. The van der Waals surface area contributed by atoms with E-state index < -0.39 is 5.97 Å². The molecule has 0 N–H and O–H groups in total. The summed E-state index contributed by atoms with van der Waals surface area (Å²) >= 11 is 5.63. The molecule has 0 bridgehead atoms. The van der Waals surface area contributed by atoms with Crippen LogP contribution in [0.5, 0.6) is 0 Å².